The van der Waals surface area contributed by atoms with Crippen LogP contribution in [0.5, 0.6) is 5.75 Å². The molecular formula is C23H23N3O. The minimum atomic E-state index is 0.177. The first kappa shape index (κ1) is 17.3. The number of pyridine rings is 1. The van der Waals surface area contributed by atoms with Gasteiger partial charge < -0.3 is 5.11 Å². The third-order valence-electron chi connectivity index (χ3n) is 5.00. The van der Waals surface area contributed by atoms with E-state index in [2.05, 4.69) is 37.1 Å². The van der Waals surface area contributed by atoms with Crippen molar-refractivity contribution in [3.63, 3.8) is 0 Å². The summed E-state index contributed by atoms with van der Waals surface area (Å²) in [5.74, 6) is 0.291. The number of benzene rings is 1. The van der Waals surface area contributed by atoms with Gasteiger partial charge in [0.2, 0.25) is 0 Å². The molecule has 1 N–H and O–H groups in total. The quantitative estimate of drug-likeness (QED) is 0.678. The lowest BCUT2D eigenvalue weighted by Gasteiger charge is -2.22. The molecule has 2 aromatic heterocycles. The third kappa shape index (κ3) is 3.43. The predicted molar refractivity (Wildman–Crippen MR) is 109 cm³/mol. The SMILES string of the molecule is Cc1ccc(-c2cn(C3=CCC(C)(C)C=C3)nc2-c2ccncc2)cc1O. The van der Waals surface area contributed by atoms with Gasteiger partial charge in [-0.05, 0) is 54.2 Å². The number of allylic oxidation sites excluding steroid dienone is 4. The number of phenolic OH excluding ortho intramolecular Hbond substituents is 1. The van der Waals surface area contributed by atoms with Crippen LogP contribution < -0.4 is 0 Å². The van der Waals surface area contributed by atoms with Crippen molar-refractivity contribution in [2.45, 2.75) is 27.2 Å². The lowest BCUT2D eigenvalue weighted by atomic mass is 9.85. The van der Waals surface area contributed by atoms with Crippen molar-refractivity contribution in [1.82, 2.24) is 14.8 Å². The average Bonchev–Trinajstić information content (AvgIpc) is 3.10. The molecular weight excluding hydrogens is 334 g/mol. The van der Waals surface area contributed by atoms with Gasteiger partial charge in [-0.2, -0.15) is 5.10 Å². The lowest BCUT2D eigenvalue weighted by Crippen LogP contribution is -2.10. The largest absolute Gasteiger partial charge is 0.508 e. The second-order valence-electron chi connectivity index (χ2n) is 7.73. The fourth-order valence-corrected chi connectivity index (χ4v) is 3.20. The van der Waals surface area contributed by atoms with Crippen LogP contribution >= 0.6 is 0 Å². The van der Waals surface area contributed by atoms with Crippen LogP contribution in [0.15, 0.2) is 67.2 Å². The zero-order valence-corrected chi connectivity index (χ0v) is 15.8. The van der Waals surface area contributed by atoms with E-state index in [9.17, 15) is 5.11 Å². The van der Waals surface area contributed by atoms with Crippen LogP contribution in [0.2, 0.25) is 0 Å². The molecule has 0 atom stereocenters. The Hall–Kier alpha value is -3.14. The van der Waals surface area contributed by atoms with Crippen molar-refractivity contribution in [2.24, 2.45) is 5.41 Å². The van der Waals surface area contributed by atoms with Crippen LogP contribution in [-0.4, -0.2) is 19.9 Å². The van der Waals surface area contributed by atoms with Gasteiger partial charge in [0.05, 0.1) is 5.70 Å². The molecule has 1 aliphatic carbocycles. The Bertz CT molecular complexity index is 1040. The van der Waals surface area contributed by atoms with E-state index in [-0.39, 0.29) is 5.41 Å². The number of aromatic hydroxyl groups is 1. The van der Waals surface area contributed by atoms with Crippen molar-refractivity contribution in [3.8, 4) is 28.1 Å². The number of phenols is 1. The summed E-state index contributed by atoms with van der Waals surface area (Å²) in [5, 5.41) is 15.0. The minimum Gasteiger partial charge on any atom is -0.508 e. The number of aromatic nitrogens is 3. The maximum absolute atomic E-state index is 10.2. The molecule has 2 heterocycles. The van der Waals surface area contributed by atoms with Crippen LogP contribution in [-0.2, 0) is 0 Å². The Morgan fingerprint density at radius 3 is 2.52 bits per heavy atom. The van der Waals surface area contributed by atoms with E-state index in [0.717, 1.165) is 40.1 Å². The standard InChI is InChI=1S/C23H23N3O/c1-16-4-5-18(14-21(16)27)20-15-26(19-6-10-23(2,3)11-7-19)25-22(20)17-8-12-24-13-9-17/h4-10,12-15,27H,11H2,1-3H3. The van der Waals surface area contributed by atoms with E-state index in [1.165, 1.54) is 0 Å². The van der Waals surface area contributed by atoms with Gasteiger partial charge in [0, 0.05) is 29.7 Å². The molecule has 0 saturated heterocycles. The van der Waals surface area contributed by atoms with Crippen molar-refractivity contribution in [1.29, 1.82) is 0 Å². The van der Waals surface area contributed by atoms with E-state index in [4.69, 9.17) is 5.10 Å². The minimum absolute atomic E-state index is 0.177. The van der Waals surface area contributed by atoms with Gasteiger partial charge in [0.1, 0.15) is 11.4 Å². The fraction of sp³-hybridized carbons (Fsp3) is 0.217. The fourth-order valence-electron chi connectivity index (χ4n) is 3.20. The van der Waals surface area contributed by atoms with Crippen LogP contribution in [0.3, 0.4) is 0 Å². The highest BCUT2D eigenvalue weighted by Gasteiger charge is 2.19. The van der Waals surface area contributed by atoms with E-state index in [0.29, 0.717) is 5.75 Å². The monoisotopic (exact) mass is 357 g/mol. The number of hydrogen-bond donors (Lipinski definition) is 1. The van der Waals surface area contributed by atoms with Gasteiger partial charge in [-0.25, -0.2) is 4.68 Å². The highest BCUT2D eigenvalue weighted by atomic mass is 16.3. The molecule has 0 unspecified atom stereocenters. The molecule has 0 saturated carbocycles. The first-order chi connectivity index (χ1) is 12.9. The molecule has 27 heavy (non-hydrogen) atoms. The second-order valence-corrected chi connectivity index (χ2v) is 7.73. The Labute approximate surface area is 159 Å². The van der Waals surface area contributed by atoms with Gasteiger partial charge in [-0.1, -0.05) is 38.1 Å². The Morgan fingerprint density at radius 2 is 1.85 bits per heavy atom. The van der Waals surface area contributed by atoms with Crippen molar-refractivity contribution in [3.05, 3.63) is 72.7 Å². The Kier molecular flexibility index (Phi) is 4.19. The maximum Gasteiger partial charge on any atom is 0.119 e. The molecule has 4 rings (SSSR count). The van der Waals surface area contributed by atoms with E-state index in [1.807, 2.05) is 42.1 Å². The summed E-state index contributed by atoms with van der Waals surface area (Å²) in [6.07, 6.45) is 13.1. The summed E-state index contributed by atoms with van der Waals surface area (Å²) in [6.45, 7) is 6.34. The molecule has 1 aliphatic rings. The summed E-state index contributed by atoms with van der Waals surface area (Å²) in [6, 6.07) is 9.67. The Morgan fingerprint density at radius 1 is 1.07 bits per heavy atom. The summed E-state index contributed by atoms with van der Waals surface area (Å²) in [4.78, 5) is 4.11. The lowest BCUT2D eigenvalue weighted by molar-refractivity contribution is 0.471. The average molecular weight is 357 g/mol. The zero-order valence-electron chi connectivity index (χ0n) is 15.8. The van der Waals surface area contributed by atoms with Gasteiger partial charge in [-0.15, -0.1) is 0 Å². The first-order valence-electron chi connectivity index (χ1n) is 9.13. The summed E-state index contributed by atoms with van der Waals surface area (Å²) in [7, 11) is 0. The predicted octanol–water partition coefficient (Wildman–Crippen LogP) is 5.45. The normalized spacial score (nSPS) is 15.6. The van der Waals surface area contributed by atoms with Gasteiger partial charge >= 0.3 is 0 Å². The van der Waals surface area contributed by atoms with Crippen LogP contribution in [0.25, 0.3) is 28.1 Å². The molecule has 4 nitrogen and oxygen atoms in total. The number of rotatable bonds is 3. The van der Waals surface area contributed by atoms with E-state index < -0.39 is 0 Å². The van der Waals surface area contributed by atoms with Crippen LogP contribution in [0, 0.1) is 12.3 Å². The number of hydrogen-bond acceptors (Lipinski definition) is 3. The second kappa shape index (κ2) is 6.54. The molecule has 4 heteroatoms. The summed E-state index contributed by atoms with van der Waals surface area (Å²) < 4.78 is 1.92. The van der Waals surface area contributed by atoms with E-state index >= 15 is 0 Å². The first-order valence-corrected chi connectivity index (χ1v) is 9.13. The molecule has 1 aromatic carbocycles. The van der Waals surface area contributed by atoms with E-state index in [1.54, 1.807) is 18.5 Å². The molecule has 3 aromatic rings. The van der Waals surface area contributed by atoms with Crippen molar-refractivity contribution < 1.29 is 5.11 Å². The molecule has 0 radical (unpaired) electrons. The van der Waals surface area contributed by atoms with Gasteiger partial charge in [-0.3, -0.25) is 4.98 Å². The number of nitrogens with zero attached hydrogens (tertiary/aromatic N) is 3. The number of aryl methyl sites for hydroxylation is 1. The molecule has 136 valence electrons. The molecule has 0 spiro atoms. The zero-order chi connectivity index (χ0) is 19.0. The summed E-state index contributed by atoms with van der Waals surface area (Å²) in [5.41, 5.74) is 5.90. The molecule has 0 bridgehead atoms. The van der Waals surface area contributed by atoms with Crippen molar-refractivity contribution >= 4 is 5.70 Å². The third-order valence-corrected chi connectivity index (χ3v) is 5.00. The summed E-state index contributed by atoms with van der Waals surface area (Å²) >= 11 is 0. The highest BCUT2D eigenvalue weighted by Crippen LogP contribution is 2.36. The molecule has 0 fully saturated rings. The van der Waals surface area contributed by atoms with Gasteiger partial charge in [0.15, 0.2) is 0 Å². The molecule has 0 aliphatic heterocycles. The smallest absolute Gasteiger partial charge is 0.119 e. The highest BCUT2D eigenvalue weighted by molar-refractivity contribution is 5.82. The van der Waals surface area contributed by atoms with Crippen LogP contribution in [0.1, 0.15) is 25.8 Å². The molecule has 0 amide bonds. The Balaban J connectivity index is 1.84. The topological polar surface area (TPSA) is 50.9 Å². The maximum atomic E-state index is 10.2. The van der Waals surface area contributed by atoms with Gasteiger partial charge in [0.25, 0.3) is 0 Å². The van der Waals surface area contributed by atoms with Crippen molar-refractivity contribution in [2.75, 3.05) is 0 Å². The van der Waals surface area contributed by atoms with Crippen LogP contribution in [0.4, 0.5) is 0 Å².